The molecule has 0 aromatic heterocycles. The van der Waals surface area contributed by atoms with Gasteiger partial charge in [0.15, 0.2) is 0 Å². The molecule has 0 radical (unpaired) electrons. The van der Waals surface area contributed by atoms with Crippen LogP contribution < -0.4 is 4.74 Å². The van der Waals surface area contributed by atoms with E-state index in [-0.39, 0.29) is 0 Å². The Morgan fingerprint density at radius 1 is 1.12 bits per heavy atom. The first-order chi connectivity index (χ1) is 11.5. The molecule has 0 N–H and O–H groups in total. The van der Waals surface area contributed by atoms with Crippen LogP contribution >= 0.6 is 11.6 Å². The summed E-state index contributed by atoms with van der Waals surface area (Å²) in [6, 6.07) is 14.0. The van der Waals surface area contributed by atoms with Gasteiger partial charge in [-0.15, -0.1) is 0 Å². The number of esters is 2. The van der Waals surface area contributed by atoms with Crippen LogP contribution in [0.25, 0.3) is 11.8 Å². The maximum Gasteiger partial charge on any atom is 0.343 e. The van der Waals surface area contributed by atoms with Crippen molar-refractivity contribution in [2.75, 3.05) is 0 Å². The fourth-order valence-electron chi connectivity index (χ4n) is 2.26. The number of carbonyl (C=O) groups is 2. The molecule has 0 atom stereocenters. The number of carbonyl (C=O) groups excluding carboxylic acids is 2. The Morgan fingerprint density at radius 2 is 1.83 bits per heavy atom. The lowest BCUT2D eigenvalue weighted by Crippen LogP contribution is -2.03. The highest BCUT2D eigenvalue weighted by molar-refractivity contribution is 6.30. The van der Waals surface area contributed by atoms with Crippen LogP contribution in [0.5, 0.6) is 5.75 Å². The number of cyclic esters (lactones) is 1. The number of ether oxygens (including phenoxy) is 2. The average molecular weight is 341 g/mol. The van der Waals surface area contributed by atoms with E-state index in [9.17, 15) is 9.59 Å². The van der Waals surface area contributed by atoms with Crippen molar-refractivity contribution < 1.29 is 19.1 Å². The van der Waals surface area contributed by atoms with Gasteiger partial charge in [-0.1, -0.05) is 29.8 Å². The van der Waals surface area contributed by atoms with Crippen LogP contribution in [-0.4, -0.2) is 11.9 Å². The molecule has 0 unspecified atom stereocenters. The van der Waals surface area contributed by atoms with Crippen LogP contribution in [0.2, 0.25) is 5.02 Å². The quantitative estimate of drug-likeness (QED) is 0.476. The van der Waals surface area contributed by atoms with Crippen LogP contribution in [0.15, 0.2) is 60.2 Å². The number of hydrogen-bond donors (Lipinski definition) is 0. The summed E-state index contributed by atoms with van der Waals surface area (Å²) in [5.41, 5.74) is 1.75. The first-order valence-electron chi connectivity index (χ1n) is 7.22. The zero-order valence-electron chi connectivity index (χ0n) is 12.8. The van der Waals surface area contributed by atoms with E-state index in [1.807, 2.05) is 0 Å². The standard InChI is InChI=1S/C19H13ClO4/c1-12(21)23-17-5-3-2-4-14(17)10-15-11-18(24-19(15)22)13-6-8-16(20)9-7-13/h2-11H,1H3/b15-10-. The van der Waals surface area contributed by atoms with E-state index in [0.717, 1.165) is 5.56 Å². The Bertz CT molecular complexity index is 863. The molecule has 0 aliphatic carbocycles. The van der Waals surface area contributed by atoms with Gasteiger partial charge in [0, 0.05) is 23.1 Å². The van der Waals surface area contributed by atoms with Gasteiger partial charge in [0.25, 0.3) is 0 Å². The van der Waals surface area contributed by atoms with Gasteiger partial charge in [0.1, 0.15) is 11.5 Å². The minimum atomic E-state index is -0.461. The summed E-state index contributed by atoms with van der Waals surface area (Å²) < 4.78 is 10.4. The molecule has 120 valence electrons. The molecule has 24 heavy (non-hydrogen) atoms. The van der Waals surface area contributed by atoms with E-state index in [2.05, 4.69) is 0 Å². The average Bonchev–Trinajstić information content (AvgIpc) is 2.90. The molecule has 1 aliphatic rings. The lowest BCUT2D eigenvalue weighted by Gasteiger charge is -2.05. The minimum absolute atomic E-state index is 0.375. The van der Waals surface area contributed by atoms with Crippen molar-refractivity contribution in [2.24, 2.45) is 0 Å². The molecular weight excluding hydrogens is 328 g/mol. The van der Waals surface area contributed by atoms with Crippen LogP contribution in [0.3, 0.4) is 0 Å². The van der Waals surface area contributed by atoms with Gasteiger partial charge in [-0.2, -0.15) is 0 Å². The summed E-state index contributed by atoms with van der Waals surface area (Å²) in [4.78, 5) is 23.3. The van der Waals surface area contributed by atoms with Gasteiger partial charge in [0.2, 0.25) is 0 Å². The fraction of sp³-hybridized carbons (Fsp3) is 0.0526. The molecule has 4 nitrogen and oxygen atoms in total. The molecule has 0 amide bonds. The lowest BCUT2D eigenvalue weighted by molar-refractivity contribution is -0.132. The van der Waals surface area contributed by atoms with E-state index in [4.69, 9.17) is 21.1 Å². The highest BCUT2D eigenvalue weighted by atomic mass is 35.5. The third-order valence-corrected chi connectivity index (χ3v) is 3.59. The van der Waals surface area contributed by atoms with Crippen molar-refractivity contribution in [3.05, 3.63) is 76.3 Å². The van der Waals surface area contributed by atoms with Crippen molar-refractivity contribution in [3.8, 4) is 5.75 Å². The van der Waals surface area contributed by atoms with E-state index in [1.54, 1.807) is 60.7 Å². The van der Waals surface area contributed by atoms with E-state index in [1.165, 1.54) is 6.92 Å². The number of rotatable bonds is 3. The zero-order valence-corrected chi connectivity index (χ0v) is 13.5. The fourth-order valence-corrected chi connectivity index (χ4v) is 2.39. The number of benzene rings is 2. The minimum Gasteiger partial charge on any atom is -0.426 e. The van der Waals surface area contributed by atoms with Gasteiger partial charge in [-0.3, -0.25) is 4.79 Å². The van der Waals surface area contributed by atoms with E-state index >= 15 is 0 Å². The zero-order chi connectivity index (χ0) is 17.1. The van der Waals surface area contributed by atoms with Crippen molar-refractivity contribution in [1.29, 1.82) is 0 Å². The van der Waals surface area contributed by atoms with Crippen molar-refractivity contribution in [3.63, 3.8) is 0 Å². The second kappa shape index (κ2) is 6.72. The highest BCUT2D eigenvalue weighted by Crippen LogP contribution is 2.30. The number of para-hydroxylation sites is 1. The summed E-state index contributed by atoms with van der Waals surface area (Å²) in [6.45, 7) is 1.33. The summed E-state index contributed by atoms with van der Waals surface area (Å²) in [5, 5.41) is 0.606. The Labute approximate surface area is 144 Å². The SMILES string of the molecule is CC(=O)Oc1ccccc1/C=C1/C=C(c2ccc(Cl)cc2)OC1=O. The molecule has 1 aliphatic heterocycles. The predicted octanol–water partition coefficient (Wildman–Crippen LogP) is 4.25. The molecule has 0 fully saturated rings. The normalized spacial score (nSPS) is 15.2. The first kappa shape index (κ1) is 16.0. The van der Waals surface area contributed by atoms with Crippen LogP contribution in [0, 0.1) is 0 Å². The summed E-state index contributed by atoms with van der Waals surface area (Å²) in [7, 11) is 0. The Morgan fingerprint density at radius 3 is 2.54 bits per heavy atom. The van der Waals surface area contributed by atoms with Gasteiger partial charge < -0.3 is 9.47 Å². The number of halogens is 1. The summed E-state index contributed by atoms with van der Waals surface area (Å²) in [6.07, 6.45) is 3.28. The van der Waals surface area contributed by atoms with Crippen molar-refractivity contribution in [2.45, 2.75) is 6.92 Å². The maximum absolute atomic E-state index is 12.1. The molecule has 0 spiro atoms. The van der Waals surface area contributed by atoms with Gasteiger partial charge in [-0.25, -0.2) is 4.79 Å². The molecule has 0 bridgehead atoms. The lowest BCUT2D eigenvalue weighted by atomic mass is 10.1. The van der Waals surface area contributed by atoms with Gasteiger partial charge in [-0.05, 0) is 42.5 Å². The molecule has 0 saturated heterocycles. The van der Waals surface area contributed by atoms with Crippen LogP contribution in [-0.2, 0) is 14.3 Å². The number of hydrogen-bond acceptors (Lipinski definition) is 4. The second-order valence-electron chi connectivity index (χ2n) is 5.14. The predicted molar refractivity (Wildman–Crippen MR) is 91.2 cm³/mol. The van der Waals surface area contributed by atoms with Gasteiger partial charge >= 0.3 is 11.9 Å². The van der Waals surface area contributed by atoms with Crippen LogP contribution in [0.4, 0.5) is 0 Å². The van der Waals surface area contributed by atoms with Crippen LogP contribution in [0.1, 0.15) is 18.1 Å². The molecule has 5 heteroatoms. The molecule has 0 saturated carbocycles. The summed E-state index contributed by atoms with van der Waals surface area (Å²) in [5.74, 6) is -0.0450. The third kappa shape index (κ3) is 3.55. The largest absolute Gasteiger partial charge is 0.426 e. The van der Waals surface area contributed by atoms with Gasteiger partial charge in [0.05, 0.1) is 5.57 Å². The first-order valence-corrected chi connectivity index (χ1v) is 7.60. The maximum atomic E-state index is 12.1. The Hall–Kier alpha value is -2.85. The third-order valence-electron chi connectivity index (χ3n) is 3.34. The smallest absolute Gasteiger partial charge is 0.343 e. The molecule has 1 heterocycles. The van der Waals surface area contributed by atoms with Crippen molar-refractivity contribution >= 4 is 35.4 Å². The second-order valence-corrected chi connectivity index (χ2v) is 5.57. The molecule has 3 rings (SSSR count). The molecule has 2 aromatic rings. The molecule has 2 aromatic carbocycles. The molecular formula is C19H13ClO4. The van der Waals surface area contributed by atoms with E-state index < -0.39 is 11.9 Å². The topological polar surface area (TPSA) is 52.6 Å². The van der Waals surface area contributed by atoms with Crippen molar-refractivity contribution in [1.82, 2.24) is 0 Å². The monoisotopic (exact) mass is 340 g/mol. The van der Waals surface area contributed by atoms with E-state index in [0.29, 0.717) is 27.7 Å². The summed E-state index contributed by atoms with van der Waals surface area (Å²) >= 11 is 5.86. The Balaban J connectivity index is 1.94. The highest BCUT2D eigenvalue weighted by Gasteiger charge is 2.22. The Kier molecular flexibility index (Phi) is 4.49.